The summed E-state index contributed by atoms with van der Waals surface area (Å²) in [6.07, 6.45) is 4.59. The Morgan fingerprint density at radius 3 is 2.68 bits per heavy atom. The van der Waals surface area contributed by atoms with Gasteiger partial charge in [0.1, 0.15) is 5.82 Å². The molecule has 1 heterocycles. The zero-order valence-electron chi connectivity index (χ0n) is 12.7. The minimum Gasteiger partial charge on any atom is -0.393 e. The number of aliphatic hydroxyl groups is 1. The summed E-state index contributed by atoms with van der Waals surface area (Å²) in [5, 5.41) is 12.6. The smallest absolute Gasteiger partial charge is 0.251 e. The van der Waals surface area contributed by atoms with Gasteiger partial charge >= 0.3 is 0 Å². The highest BCUT2D eigenvalue weighted by Gasteiger charge is 2.25. The lowest BCUT2D eigenvalue weighted by Crippen LogP contribution is -2.32. The maximum Gasteiger partial charge on any atom is 0.251 e. The Morgan fingerprint density at radius 2 is 2.05 bits per heavy atom. The fraction of sp³-hybridized carbons (Fsp3) is 0.588. The Bertz CT molecular complexity index is 543. The van der Waals surface area contributed by atoms with Crippen molar-refractivity contribution in [3.05, 3.63) is 29.6 Å². The van der Waals surface area contributed by atoms with Gasteiger partial charge in [-0.05, 0) is 43.9 Å². The van der Waals surface area contributed by atoms with Gasteiger partial charge in [-0.2, -0.15) is 0 Å². The van der Waals surface area contributed by atoms with Gasteiger partial charge in [-0.25, -0.2) is 4.39 Å². The zero-order chi connectivity index (χ0) is 15.5. The van der Waals surface area contributed by atoms with E-state index in [-0.39, 0.29) is 23.7 Å². The number of carbonyl (C=O) groups excluding carboxylic acids is 1. The molecule has 0 spiro atoms. The summed E-state index contributed by atoms with van der Waals surface area (Å²) in [5.74, 6) is -0.487. The lowest BCUT2D eigenvalue weighted by molar-refractivity contribution is 0.0916. The van der Waals surface area contributed by atoms with Crippen LogP contribution < -0.4 is 10.2 Å². The van der Waals surface area contributed by atoms with Crippen molar-refractivity contribution >= 4 is 11.6 Å². The minimum absolute atomic E-state index is 0.123. The Morgan fingerprint density at radius 1 is 1.27 bits per heavy atom. The van der Waals surface area contributed by atoms with Gasteiger partial charge in [-0.1, -0.05) is 6.42 Å². The van der Waals surface area contributed by atoms with Crippen molar-refractivity contribution in [3.63, 3.8) is 0 Å². The molecular formula is C17H23FN2O2. The van der Waals surface area contributed by atoms with Gasteiger partial charge in [0.15, 0.2) is 0 Å². The highest BCUT2D eigenvalue weighted by molar-refractivity contribution is 5.94. The summed E-state index contributed by atoms with van der Waals surface area (Å²) >= 11 is 0. The molecule has 4 nitrogen and oxygen atoms in total. The topological polar surface area (TPSA) is 52.6 Å². The van der Waals surface area contributed by atoms with E-state index in [1.54, 1.807) is 12.1 Å². The van der Waals surface area contributed by atoms with Crippen molar-refractivity contribution in [3.8, 4) is 0 Å². The van der Waals surface area contributed by atoms with Crippen LogP contribution in [0.15, 0.2) is 18.2 Å². The molecule has 2 unspecified atom stereocenters. The Labute approximate surface area is 130 Å². The summed E-state index contributed by atoms with van der Waals surface area (Å²) in [6.45, 7) is 2.21. The molecule has 1 amide bonds. The van der Waals surface area contributed by atoms with Crippen LogP contribution in [0.2, 0.25) is 0 Å². The average molecular weight is 306 g/mol. The molecule has 2 N–H and O–H groups in total. The molecule has 1 aliphatic heterocycles. The number of nitrogens with one attached hydrogen (secondary N) is 1. The van der Waals surface area contributed by atoms with Crippen LogP contribution in [0.1, 0.15) is 42.5 Å². The second kappa shape index (κ2) is 6.65. The molecule has 0 bridgehead atoms. The number of halogens is 1. The third kappa shape index (κ3) is 3.24. The number of aliphatic hydroxyl groups excluding tert-OH is 1. The maximum atomic E-state index is 14.2. The van der Waals surface area contributed by atoms with E-state index < -0.39 is 0 Å². The van der Waals surface area contributed by atoms with Crippen molar-refractivity contribution in [1.29, 1.82) is 0 Å². The van der Waals surface area contributed by atoms with Gasteiger partial charge in [0.2, 0.25) is 0 Å². The standard InChI is InChI=1S/C17H23FN2O2/c18-14-10-12(6-7-15(14)20-8-1-2-9-20)17(22)19-11-13-4-3-5-16(13)21/h6-7,10,13,16,21H,1-5,8-9,11H2,(H,19,22). The molecule has 1 aromatic carbocycles. The summed E-state index contributed by atoms with van der Waals surface area (Å²) in [5.41, 5.74) is 0.924. The van der Waals surface area contributed by atoms with E-state index in [4.69, 9.17) is 0 Å². The second-order valence-electron chi connectivity index (χ2n) is 6.33. The van der Waals surface area contributed by atoms with Crippen LogP contribution in [0, 0.1) is 11.7 Å². The molecule has 0 aromatic heterocycles. The minimum atomic E-state index is -0.338. The molecule has 1 saturated carbocycles. The molecule has 2 atom stereocenters. The number of hydrogen-bond acceptors (Lipinski definition) is 3. The van der Waals surface area contributed by atoms with Crippen LogP contribution in [-0.2, 0) is 0 Å². The number of nitrogens with zero attached hydrogens (tertiary/aromatic N) is 1. The monoisotopic (exact) mass is 306 g/mol. The van der Waals surface area contributed by atoms with Gasteiger partial charge in [0.25, 0.3) is 5.91 Å². The maximum absolute atomic E-state index is 14.2. The lowest BCUT2D eigenvalue weighted by atomic mass is 10.1. The van der Waals surface area contributed by atoms with Crippen molar-refractivity contribution < 1.29 is 14.3 Å². The summed E-state index contributed by atoms with van der Waals surface area (Å²) in [7, 11) is 0. The van der Waals surface area contributed by atoms with E-state index in [0.717, 1.165) is 45.2 Å². The van der Waals surface area contributed by atoms with Gasteiger partial charge in [-0.3, -0.25) is 4.79 Å². The van der Waals surface area contributed by atoms with Crippen molar-refractivity contribution in [2.75, 3.05) is 24.5 Å². The van der Waals surface area contributed by atoms with Gasteiger partial charge in [0.05, 0.1) is 11.8 Å². The SMILES string of the molecule is O=C(NCC1CCCC1O)c1ccc(N2CCCC2)c(F)c1. The van der Waals surface area contributed by atoms with Gasteiger partial charge < -0.3 is 15.3 Å². The Balaban J connectivity index is 1.61. The quantitative estimate of drug-likeness (QED) is 0.897. The van der Waals surface area contributed by atoms with E-state index in [9.17, 15) is 14.3 Å². The molecule has 0 radical (unpaired) electrons. The highest BCUT2D eigenvalue weighted by atomic mass is 19.1. The molecule has 1 aliphatic carbocycles. The van der Waals surface area contributed by atoms with Crippen molar-refractivity contribution in [1.82, 2.24) is 5.32 Å². The second-order valence-corrected chi connectivity index (χ2v) is 6.33. The molecule has 22 heavy (non-hydrogen) atoms. The highest BCUT2D eigenvalue weighted by Crippen LogP contribution is 2.26. The average Bonchev–Trinajstić information content (AvgIpc) is 3.16. The van der Waals surface area contributed by atoms with Crippen molar-refractivity contribution in [2.45, 2.75) is 38.2 Å². The predicted molar refractivity (Wildman–Crippen MR) is 83.5 cm³/mol. The first-order valence-corrected chi connectivity index (χ1v) is 8.16. The van der Waals surface area contributed by atoms with Crippen LogP contribution in [0.3, 0.4) is 0 Å². The zero-order valence-corrected chi connectivity index (χ0v) is 12.7. The number of amides is 1. The molecule has 3 rings (SSSR count). The van der Waals surface area contributed by atoms with E-state index in [1.807, 2.05) is 4.90 Å². The summed E-state index contributed by atoms with van der Waals surface area (Å²) in [6, 6.07) is 4.69. The van der Waals surface area contributed by atoms with E-state index in [2.05, 4.69) is 5.32 Å². The molecular weight excluding hydrogens is 283 g/mol. The molecule has 1 aromatic rings. The van der Waals surface area contributed by atoms with Crippen LogP contribution in [0.4, 0.5) is 10.1 Å². The van der Waals surface area contributed by atoms with Crippen LogP contribution >= 0.6 is 0 Å². The van der Waals surface area contributed by atoms with E-state index in [1.165, 1.54) is 6.07 Å². The molecule has 5 heteroatoms. The number of carbonyl (C=O) groups is 1. The van der Waals surface area contributed by atoms with E-state index >= 15 is 0 Å². The fourth-order valence-corrected chi connectivity index (χ4v) is 3.44. The molecule has 2 aliphatic rings. The molecule has 2 fully saturated rings. The van der Waals surface area contributed by atoms with Crippen LogP contribution in [0.5, 0.6) is 0 Å². The van der Waals surface area contributed by atoms with Gasteiger partial charge in [-0.15, -0.1) is 0 Å². The third-order valence-corrected chi connectivity index (χ3v) is 4.80. The lowest BCUT2D eigenvalue weighted by Gasteiger charge is -2.19. The first-order chi connectivity index (χ1) is 10.6. The first kappa shape index (κ1) is 15.3. The van der Waals surface area contributed by atoms with Crippen LogP contribution in [-0.4, -0.2) is 36.8 Å². The fourth-order valence-electron chi connectivity index (χ4n) is 3.44. The Hall–Kier alpha value is -1.62. The number of rotatable bonds is 4. The summed E-state index contributed by atoms with van der Waals surface area (Å²) < 4.78 is 14.2. The third-order valence-electron chi connectivity index (χ3n) is 4.80. The predicted octanol–water partition coefficient (Wildman–Crippen LogP) is 2.32. The van der Waals surface area contributed by atoms with Crippen molar-refractivity contribution in [2.24, 2.45) is 5.92 Å². The normalized spacial score (nSPS) is 24.7. The Kier molecular flexibility index (Phi) is 4.62. The molecule has 120 valence electrons. The van der Waals surface area contributed by atoms with E-state index in [0.29, 0.717) is 17.8 Å². The molecule has 1 saturated heterocycles. The number of anilines is 1. The first-order valence-electron chi connectivity index (χ1n) is 8.16. The number of benzene rings is 1. The summed E-state index contributed by atoms with van der Waals surface area (Å²) in [4.78, 5) is 14.1. The largest absolute Gasteiger partial charge is 0.393 e. The van der Waals surface area contributed by atoms with Crippen LogP contribution in [0.25, 0.3) is 0 Å². The number of hydrogen-bond donors (Lipinski definition) is 2. The van der Waals surface area contributed by atoms with Gasteiger partial charge in [0, 0.05) is 31.1 Å².